The quantitative estimate of drug-likeness (QED) is 0.758. The average molecular weight is 274 g/mol. The van der Waals surface area contributed by atoms with E-state index in [1.54, 1.807) is 23.9 Å². The number of benzene rings is 2. The van der Waals surface area contributed by atoms with E-state index in [-0.39, 0.29) is 11.6 Å². The van der Waals surface area contributed by atoms with Crippen LogP contribution in [0.1, 0.15) is 21.5 Å². The van der Waals surface area contributed by atoms with Gasteiger partial charge in [-0.1, -0.05) is 42.0 Å². The summed E-state index contributed by atoms with van der Waals surface area (Å²) in [6.07, 6.45) is 0. The average Bonchev–Trinajstić information content (AvgIpc) is 2.38. The molecular formula is C16H15FOS. The summed E-state index contributed by atoms with van der Waals surface area (Å²) >= 11 is 1.55. The number of rotatable bonds is 5. The fourth-order valence-corrected chi connectivity index (χ4v) is 2.68. The van der Waals surface area contributed by atoms with Crippen LogP contribution in [0.25, 0.3) is 0 Å². The van der Waals surface area contributed by atoms with E-state index in [1.807, 2.05) is 25.1 Å². The molecule has 0 unspecified atom stereocenters. The van der Waals surface area contributed by atoms with Gasteiger partial charge in [0.05, 0.1) is 5.75 Å². The van der Waals surface area contributed by atoms with E-state index in [9.17, 15) is 9.18 Å². The molecule has 0 spiro atoms. The zero-order valence-electron chi connectivity index (χ0n) is 10.7. The topological polar surface area (TPSA) is 17.1 Å². The SMILES string of the molecule is Cc1cccc(CSCC(=O)c2cccc(F)c2)c1. The molecule has 2 aromatic rings. The summed E-state index contributed by atoms with van der Waals surface area (Å²) in [6.45, 7) is 2.05. The Balaban J connectivity index is 1.87. The van der Waals surface area contributed by atoms with Crippen molar-refractivity contribution in [3.05, 3.63) is 71.0 Å². The number of halogens is 1. The first kappa shape index (κ1) is 13.8. The molecule has 0 aliphatic rings. The summed E-state index contributed by atoms with van der Waals surface area (Å²) in [5.74, 6) is 0.770. The van der Waals surface area contributed by atoms with E-state index in [0.717, 1.165) is 5.75 Å². The van der Waals surface area contributed by atoms with Crippen molar-refractivity contribution in [1.82, 2.24) is 0 Å². The Kier molecular flexibility index (Phi) is 4.74. The molecule has 3 heteroatoms. The van der Waals surface area contributed by atoms with Gasteiger partial charge in [-0.3, -0.25) is 4.79 Å². The lowest BCUT2D eigenvalue weighted by Crippen LogP contribution is -2.03. The third-order valence-corrected chi connectivity index (χ3v) is 3.73. The van der Waals surface area contributed by atoms with Crippen molar-refractivity contribution < 1.29 is 9.18 Å². The van der Waals surface area contributed by atoms with Crippen molar-refractivity contribution in [1.29, 1.82) is 0 Å². The molecule has 2 aromatic carbocycles. The van der Waals surface area contributed by atoms with Gasteiger partial charge < -0.3 is 0 Å². The maximum atomic E-state index is 13.0. The van der Waals surface area contributed by atoms with Gasteiger partial charge in [0.15, 0.2) is 5.78 Å². The van der Waals surface area contributed by atoms with Crippen LogP contribution in [0.2, 0.25) is 0 Å². The summed E-state index contributed by atoms with van der Waals surface area (Å²) in [5.41, 5.74) is 2.86. The highest BCUT2D eigenvalue weighted by molar-refractivity contribution is 7.99. The van der Waals surface area contributed by atoms with Crippen molar-refractivity contribution in [2.75, 3.05) is 5.75 Å². The maximum Gasteiger partial charge on any atom is 0.172 e. The van der Waals surface area contributed by atoms with Crippen LogP contribution in [0.15, 0.2) is 48.5 Å². The maximum absolute atomic E-state index is 13.0. The van der Waals surface area contributed by atoms with Crippen LogP contribution in [0.4, 0.5) is 4.39 Å². The molecule has 0 saturated heterocycles. The third-order valence-electron chi connectivity index (χ3n) is 2.73. The van der Waals surface area contributed by atoms with Crippen LogP contribution in [0.5, 0.6) is 0 Å². The molecule has 98 valence electrons. The van der Waals surface area contributed by atoms with Crippen LogP contribution >= 0.6 is 11.8 Å². The number of ketones is 1. The van der Waals surface area contributed by atoms with Gasteiger partial charge in [0, 0.05) is 11.3 Å². The van der Waals surface area contributed by atoms with Gasteiger partial charge in [-0.05, 0) is 24.6 Å². The number of Topliss-reactive ketones (excluding diaryl/α,β-unsaturated/α-hetero) is 1. The third kappa shape index (κ3) is 4.21. The largest absolute Gasteiger partial charge is 0.293 e. The van der Waals surface area contributed by atoms with Gasteiger partial charge in [-0.15, -0.1) is 11.8 Å². The second-order valence-electron chi connectivity index (χ2n) is 4.42. The lowest BCUT2D eigenvalue weighted by Gasteiger charge is -2.03. The Morgan fingerprint density at radius 1 is 1.16 bits per heavy atom. The van der Waals surface area contributed by atoms with Gasteiger partial charge in [-0.2, -0.15) is 0 Å². The molecule has 2 rings (SSSR count). The smallest absolute Gasteiger partial charge is 0.172 e. The Bertz CT molecular complexity index is 580. The zero-order valence-corrected chi connectivity index (χ0v) is 11.5. The van der Waals surface area contributed by atoms with E-state index < -0.39 is 0 Å². The standard InChI is InChI=1S/C16H15FOS/c1-12-4-2-5-13(8-12)10-19-11-16(18)14-6-3-7-15(17)9-14/h2-9H,10-11H2,1H3. The Hall–Kier alpha value is -1.61. The van der Waals surface area contributed by atoms with E-state index in [1.165, 1.54) is 23.3 Å². The molecule has 0 bridgehead atoms. The molecule has 19 heavy (non-hydrogen) atoms. The van der Waals surface area contributed by atoms with E-state index >= 15 is 0 Å². The monoisotopic (exact) mass is 274 g/mol. The second-order valence-corrected chi connectivity index (χ2v) is 5.40. The van der Waals surface area contributed by atoms with Crippen molar-refractivity contribution in [2.45, 2.75) is 12.7 Å². The minimum Gasteiger partial charge on any atom is -0.293 e. The van der Waals surface area contributed by atoms with Gasteiger partial charge in [-0.25, -0.2) is 4.39 Å². The van der Waals surface area contributed by atoms with Crippen LogP contribution in [0, 0.1) is 12.7 Å². The van der Waals surface area contributed by atoms with Gasteiger partial charge in [0.25, 0.3) is 0 Å². The highest BCUT2D eigenvalue weighted by Gasteiger charge is 2.06. The number of thioether (sulfide) groups is 1. The minimum atomic E-state index is -0.366. The van der Waals surface area contributed by atoms with Gasteiger partial charge in [0.1, 0.15) is 5.82 Å². The molecule has 0 heterocycles. The molecule has 0 fully saturated rings. The summed E-state index contributed by atoms with van der Waals surface area (Å²) in [4.78, 5) is 11.9. The predicted octanol–water partition coefficient (Wildman–Crippen LogP) is 4.25. The van der Waals surface area contributed by atoms with Gasteiger partial charge >= 0.3 is 0 Å². The van der Waals surface area contributed by atoms with Crippen molar-refractivity contribution in [2.24, 2.45) is 0 Å². The number of aryl methyl sites for hydroxylation is 1. The first-order chi connectivity index (χ1) is 9.15. The summed E-state index contributed by atoms with van der Waals surface area (Å²) in [7, 11) is 0. The normalized spacial score (nSPS) is 10.4. The molecule has 0 aliphatic carbocycles. The Morgan fingerprint density at radius 3 is 2.68 bits per heavy atom. The summed E-state index contributed by atoms with van der Waals surface area (Å²) in [6, 6.07) is 14.1. The van der Waals surface area contributed by atoms with E-state index in [4.69, 9.17) is 0 Å². The zero-order chi connectivity index (χ0) is 13.7. The molecular weight excluding hydrogens is 259 g/mol. The van der Waals surface area contributed by atoms with E-state index in [2.05, 4.69) is 6.07 Å². The van der Waals surface area contributed by atoms with E-state index in [0.29, 0.717) is 11.3 Å². The molecule has 0 saturated carbocycles. The van der Waals surface area contributed by atoms with Crippen LogP contribution in [-0.4, -0.2) is 11.5 Å². The predicted molar refractivity (Wildman–Crippen MR) is 78.1 cm³/mol. The van der Waals surface area contributed by atoms with Crippen molar-refractivity contribution in [3.63, 3.8) is 0 Å². The lowest BCUT2D eigenvalue weighted by atomic mass is 10.1. The number of hydrogen-bond acceptors (Lipinski definition) is 2. The first-order valence-corrected chi connectivity index (χ1v) is 7.22. The van der Waals surface area contributed by atoms with Gasteiger partial charge in [0.2, 0.25) is 0 Å². The number of hydrogen-bond donors (Lipinski definition) is 0. The van der Waals surface area contributed by atoms with Crippen molar-refractivity contribution >= 4 is 17.5 Å². The van der Waals surface area contributed by atoms with Crippen LogP contribution in [-0.2, 0) is 5.75 Å². The Labute approximate surface area is 116 Å². The highest BCUT2D eigenvalue weighted by atomic mass is 32.2. The fraction of sp³-hybridized carbons (Fsp3) is 0.188. The molecule has 0 radical (unpaired) electrons. The molecule has 1 nitrogen and oxygen atoms in total. The van der Waals surface area contributed by atoms with Crippen LogP contribution < -0.4 is 0 Å². The minimum absolute atomic E-state index is 0.0304. The lowest BCUT2D eigenvalue weighted by molar-refractivity contribution is 0.102. The van der Waals surface area contributed by atoms with Crippen molar-refractivity contribution in [3.8, 4) is 0 Å². The molecule has 0 amide bonds. The molecule has 0 N–H and O–H groups in total. The Morgan fingerprint density at radius 2 is 1.95 bits per heavy atom. The molecule has 0 aromatic heterocycles. The summed E-state index contributed by atoms with van der Waals surface area (Å²) in [5, 5.41) is 0. The molecule has 0 atom stereocenters. The van der Waals surface area contributed by atoms with Crippen LogP contribution in [0.3, 0.4) is 0 Å². The summed E-state index contributed by atoms with van der Waals surface area (Å²) < 4.78 is 13.0. The first-order valence-electron chi connectivity index (χ1n) is 6.07. The second kappa shape index (κ2) is 6.53. The number of carbonyl (C=O) groups excluding carboxylic acids is 1. The fourth-order valence-electron chi connectivity index (χ4n) is 1.81. The molecule has 0 aliphatic heterocycles. The highest BCUT2D eigenvalue weighted by Crippen LogP contribution is 2.15. The number of carbonyl (C=O) groups is 1.